The first-order valence-corrected chi connectivity index (χ1v) is 14.2. The van der Waals surface area contributed by atoms with E-state index in [0.29, 0.717) is 36.6 Å². The standard InChI is InChI=1S/C32H32N2O5/c35-30(23-4-5-27-29(12-23)38-18-37-27)34-7-6-26-24(17-34)13-28(39-26)22-2-1-3-25(11-22)33-31(36)32-14-19-8-20(15-32)10-21(9-19)16-32/h1-5,11-13,19-21H,6-10,14-18H2,(H,33,36). The van der Waals surface area contributed by atoms with Gasteiger partial charge >= 0.3 is 0 Å². The molecule has 7 nitrogen and oxygen atoms in total. The van der Waals surface area contributed by atoms with Crippen LogP contribution in [0, 0.1) is 23.2 Å². The average Bonchev–Trinajstić information content (AvgIpc) is 3.58. The van der Waals surface area contributed by atoms with Crippen LogP contribution in [0.4, 0.5) is 5.69 Å². The molecular weight excluding hydrogens is 492 g/mol. The molecule has 0 unspecified atom stereocenters. The molecule has 4 bridgehead atoms. The third-order valence-corrected chi connectivity index (χ3v) is 9.70. The van der Waals surface area contributed by atoms with E-state index in [4.69, 9.17) is 13.9 Å². The SMILES string of the molecule is O=C(c1ccc2c(c1)OCO2)N1CCc2oc(-c3cccc(NC(=O)C45CC6CC(CC(C6)C4)C5)c3)cc2C1. The number of carbonyl (C=O) groups is 2. The highest BCUT2D eigenvalue weighted by Crippen LogP contribution is 2.60. The van der Waals surface area contributed by atoms with Crippen molar-refractivity contribution in [3.8, 4) is 22.8 Å². The molecule has 2 aromatic carbocycles. The monoisotopic (exact) mass is 524 g/mol. The van der Waals surface area contributed by atoms with E-state index < -0.39 is 0 Å². The summed E-state index contributed by atoms with van der Waals surface area (Å²) in [4.78, 5) is 28.6. The number of nitrogens with zero attached hydrogens (tertiary/aromatic N) is 1. The van der Waals surface area contributed by atoms with Crippen LogP contribution < -0.4 is 14.8 Å². The van der Waals surface area contributed by atoms with Crippen molar-refractivity contribution in [2.24, 2.45) is 23.2 Å². The third-order valence-electron chi connectivity index (χ3n) is 9.70. The van der Waals surface area contributed by atoms with E-state index in [-0.39, 0.29) is 24.0 Å². The van der Waals surface area contributed by atoms with Gasteiger partial charge in [-0.3, -0.25) is 9.59 Å². The van der Waals surface area contributed by atoms with Crippen LogP contribution in [0.1, 0.15) is 60.2 Å². The van der Waals surface area contributed by atoms with Crippen molar-refractivity contribution in [2.45, 2.75) is 51.5 Å². The fourth-order valence-electron chi connectivity index (χ4n) is 8.26. The molecular formula is C32H32N2O5. The van der Waals surface area contributed by atoms with Crippen LogP contribution in [0.15, 0.2) is 52.9 Å². The lowest BCUT2D eigenvalue weighted by Gasteiger charge is -2.55. The maximum atomic E-state index is 13.6. The Morgan fingerprint density at radius 2 is 1.67 bits per heavy atom. The second-order valence-corrected chi connectivity index (χ2v) is 12.3. The Morgan fingerprint density at radius 3 is 2.46 bits per heavy atom. The van der Waals surface area contributed by atoms with Crippen molar-refractivity contribution in [3.63, 3.8) is 0 Å². The summed E-state index contributed by atoms with van der Waals surface area (Å²) in [6.07, 6.45) is 7.79. The molecule has 1 N–H and O–H groups in total. The fraction of sp³-hybridized carbons (Fsp3) is 0.438. The van der Waals surface area contributed by atoms with Gasteiger partial charge in [0, 0.05) is 41.9 Å². The Morgan fingerprint density at radius 1 is 0.897 bits per heavy atom. The Bertz CT molecular complexity index is 1450. The van der Waals surface area contributed by atoms with Crippen molar-refractivity contribution in [1.82, 2.24) is 4.90 Å². The molecule has 2 amide bonds. The molecule has 7 heteroatoms. The fourth-order valence-corrected chi connectivity index (χ4v) is 8.26. The minimum absolute atomic E-state index is 0.0314. The minimum atomic E-state index is -0.178. The number of carbonyl (C=O) groups excluding carboxylic acids is 2. The lowest BCUT2D eigenvalue weighted by Crippen LogP contribution is -2.51. The van der Waals surface area contributed by atoms with Crippen molar-refractivity contribution in [2.75, 3.05) is 18.7 Å². The second-order valence-electron chi connectivity index (χ2n) is 12.3. The van der Waals surface area contributed by atoms with Crippen molar-refractivity contribution in [3.05, 3.63) is 65.4 Å². The number of fused-ring (bicyclic) bond motifs is 2. The van der Waals surface area contributed by atoms with Gasteiger partial charge in [0.2, 0.25) is 12.7 Å². The van der Waals surface area contributed by atoms with Gasteiger partial charge in [-0.2, -0.15) is 0 Å². The van der Waals surface area contributed by atoms with Crippen LogP contribution in [0.25, 0.3) is 11.3 Å². The van der Waals surface area contributed by atoms with Gasteiger partial charge in [-0.1, -0.05) is 12.1 Å². The van der Waals surface area contributed by atoms with Gasteiger partial charge in [-0.15, -0.1) is 0 Å². The number of nitrogens with one attached hydrogen (secondary N) is 1. The predicted octanol–water partition coefficient (Wildman–Crippen LogP) is 6.03. The maximum Gasteiger partial charge on any atom is 0.254 e. The second kappa shape index (κ2) is 8.63. The summed E-state index contributed by atoms with van der Waals surface area (Å²) >= 11 is 0. The van der Waals surface area contributed by atoms with E-state index in [9.17, 15) is 9.59 Å². The largest absolute Gasteiger partial charge is 0.461 e. The van der Waals surface area contributed by atoms with Crippen LogP contribution >= 0.6 is 0 Å². The molecule has 2 aliphatic heterocycles. The number of ether oxygens (including phenoxy) is 2. The number of anilines is 1. The van der Waals surface area contributed by atoms with Gasteiger partial charge in [0.15, 0.2) is 11.5 Å². The van der Waals surface area contributed by atoms with E-state index in [1.807, 2.05) is 35.2 Å². The number of hydrogen-bond donors (Lipinski definition) is 1. The molecule has 3 aromatic rings. The van der Waals surface area contributed by atoms with E-state index in [0.717, 1.165) is 65.4 Å². The van der Waals surface area contributed by atoms with Crippen LogP contribution in [0.2, 0.25) is 0 Å². The normalized spacial score (nSPS) is 27.9. The molecule has 1 aromatic heterocycles. The first kappa shape index (κ1) is 23.2. The van der Waals surface area contributed by atoms with Crippen LogP contribution in [-0.4, -0.2) is 30.1 Å². The van der Waals surface area contributed by atoms with Crippen LogP contribution in [0.5, 0.6) is 11.5 Å². The summed E-state index contributed by atoms with van der Waals surface area (Å²) < 4.78 is 17.1. The number of furan rings is 1. The van der Waals surface area contributed by atoms with Crippen LogP contribution in [0.3, 0.4) is 0 Å². The molecule has 39 heavy (non-hydrogen) atoms. The predicted molar refractivity (Wildman–Crippen MR) is 144 cm³/mol. The zero-order valence-electron chi connectivity index (χ0n) is 21.9. The molecule has 9 rings (SSSR count). The molecule has 4 aliphatic carbocycles. The molecule has 0 radical (unpaired) electrons. The molecule has 0 saturated heterocycles. The molecule has 0 atom stereocenters. The quantitative estimate of drug-likeness (QED) is 0.451. The zero-order valence-corrected chi connectivity index (χ0v) is 21.9. The van der Waals surface area contributed by atoms with Gasteiger partial charge in [-0.05, 0) is 92.7 Å². The molecule has 0 spiro atoms. The summed E-state index contributed by atoms with van der Waals surface area (Å²) in [5.41, 5.74) is 3.19. The molecule has 3 heterocycles. The van der Waals surface area contributed by atoms with Crippen molar-refractivity contribution in [1.29, 1.82) is 0 Å². The number of hydrogen-bond acceptors (Lipinski definition) is 5. The summed E-state index contributed by atoms with van der Waals surface area (Å²) in [5, 5.41) is 3.28. The molecule has 4 saturated carbocycles. The molecule has 200 valence electrons. The van der Waals surface area contributed by atoms with E-state index in [1.165, 1.54) is 19.3 Å². The Kier molecular flexibility index (Phi) is 5.13. The zero-order chi connectivity index (χ0) is 26.1. The number of benzene rings is 2. The summed E-state index contributed by atoms with van der Waals surface area (Å²) in [5.74, 6) is 5.35. The first-order valence-electron chi connectivity index (χ1n) is 14.2. The highest BCUT2D eigenvalue weighted by molar-refractivity contribution is 5.96. The van der Waals surface area contributed by atoms with Gasteiger partial charge in [0.05, 0.1) is 5.41 Å². The highest BCUT2D eigenvalue weighted by Gasteiger charge is 2.54. The van der Waals surface area contributed by atoms with Gasteiger partial charge in [0.25, 0.3) is 5.91 Å². The number of rotatable bonds is 4. The maximum absolute atomic E-state index is 13.6. The van der Waals surface area contributed by atoms with E-state index >= 15 is 0 Å². The first-order chi connectivity index (χ1) is 19.0. The lowest BCUT2D eigenvalue weighted by atomic mass is 9.49. The Hall–Kier alpha value is -3.74. The molecule has 6 aliphatic rings. The van der Waals surface area contributed by atoms with Crippen LogP contribution in [-0.2, 0) is 17.8 Å². The van der Waals surface area contributed by atoms with Crippen molar-refractivity contribution >= 4 is 17.5 Å². The van der Waals surface area contributed by atoms with Gasteiger partial charge in [0.1, 0.15) is 11.5 Å². The highest BCUT2D eigenvalue weighted by atomic mass is 16.7. The van der Waals surface area contributed by atoms with E-state index in [1.54, 1.807) is 18.2 Å². The Balaban J connectivity index is 0.984. The smallest absolute Gasteiger partial charge is 0.254 e. The Labute approximate surface area is 227 Å². The molecule has 4 fully saturated rings. The summed E-state index contributed by atoms with van der Waals surface area (Å²) in [6, 6.07) is 15.3. The summed E-state index contributed by atoms with van der Waals surface area (Å²) in [6.45, 7) is 1.27. The number of amides is 2. The third kappa shape index (κ3) is 3.93. The van der Waals surface area contributed by atoms with Gasteiger partial charge < -0.3 is 24.1 Å². The summed E-state index contributed by atoms with van der Waals surface area (Å²) in [7, 11) is 0. The van der Waals surface area contributed by atoms with Gasteiger partial charge in [-0.25, -0.2) is 0 Å². The lowest BCUT2D eigenvalue weighted by molar-refractivity contribution is -0.140. The average molecular weight is 525 g/mol. The minimum Gasteiger partial charge on any atom is -0.461 e. The topological polar surface area (TPSA) is 81.0 Å². The van der Waals surface area contributed by atoms with E-state index in [2.05, 4.69) is 5.32 Å². The van der Waals surface area contributed by atoms with Crippen molar-refractivity contribution < 1.29 is 23.5 Å².